The van der Waals surface area contributed by atoms with E-state index in [2.05, 4.69) is 5.32 Å². The molecule has 1 aliphatic heterocycles. The van der Waals surface area contributed by atoms with Crippen LogP contribution in [0.1, 0.15) is 52.5 Å². The van der Waals surface area contributed by atoms with Crippen molar-refractivity contribution in [2.45, 2.75) is 69.1 Å². The number of hydrogen-bond acceptors (Lipinski definition) is 4. The van der Waals surface area contributed by atoms with Crippen molar-refractivity contribution < 1.29 is 18.0 Å². The largest absolute Gasteiger partial charge is 0.351 e. The molecule has 2 aliphatic rings. The van der Waals surface area contributed by atoms with Crippen LogP contribution in [0.3, 0.4) is 0 Å². The van der Waals surface area contributed by atoms with Crippen LogP contribution in [0.4, 0.5) is 5.69 Å². The van der Waals surface area contributed by atoms with Crippen molar-refractivity contribution in [1.29, 1.82) is 0 Å². The number of rotatable bonds is 5. The number of hydrogen-bond donors (Lipinski definition) is 1. The molecule has 0 unspecified atom stereocenters. The van der Waals surface area contributed by atoms with E-state index in [0.717, 1.165) is 24.1 Å². The summed E-state index contributed by atoms with van der Waals surface area (Å²) >= 11 is 0. The first-order valence-corrected chi connectivity index (χ1v) is 11.0. The van der Waals surface area contributed by atoms with E-state index in [0.29, 0.717) is 13.0 Å². The van der Waals surface area contributed by atoms with Crippen LogP contribution in [0, 0.1) is 5.92 Å². The molecular weight excluding hydrogens is 364 g/mol. The first-order valence-electron chi connectivity index (χ1n) is 9.48. The van der Waals surface area contributed by atoms with E-state index in [9.17, 15) is 18.0 Å². The van der Waals surface area contributed by atoms with Crippen LogP contribution in [0.25, 0.3) is 0 Å². The Hall–Kier alpha value is -1.89. The SMILES string of the molecule is C[C@@H](CC(=O)NC(C)(C)C)S(=O)(=O)c1ccc2c(c1)CCN2C(=O)C1CC1. The predicted octanol–water partition coefficient (Wildman–Crippen LogP) is 2.45. The van der Waals surface area contributed by atoms with Crippen LogP contribution in [0.2, 0.25) is 0 Å². The van der Waals surface area contributed by atoms with Gasteiger partial charge in [-0.05, 0) is 70.7 Å². The molecule has 0 spiro atoms. The minimum absolute atomic E-state index is 0.0804. The highest BCUT2D eigenvalue weighted by Gasteiger charge is 2.37. The molecule has 0 radical (unpaired) electrons. The Morgan fingerprint density at radius 1 is 1.26 bits per heavy atom. The lowest BCUT2D eigenvalue weighted by atomic mass is 10.1. The lowest BCUT2D eigenvalue weighted by Gasteiger charge is -2.22. The summed E-state index contributed by atoms with van der Waals surface area (Å²) in [5.41, 5.74) is 1.31. The summed E-state index contributed by atoms with van der Waals surface area (Å²) in [6, 6.07) is 4.96. The molecule has 1 saturated carbocycles. The van der Waals surface area contributed by atoms with Gasteiger partial charge in [-0.25, -0.2) is 8.42 Å². The summed E-state index contributed by atoms with van der Waals surface area (Å²) in [6.07, 6.45) is 2.48. The first kappa shape index (κ1) is 19.9. The van der Waals surface area contributed by atoms with Gasteiger partial charge in [0.2, 0.25) is 11.8 Å². The van der Waals surface area contributed by atoms with Gasteiger partial charge in [0.1, 0.15) is 0 Å². The van der Waals surface area contributed by atoms with Crippen molar-refractivity contribution in [3.63, 3.8) is 0 Å². The normalized spacial score (nSPS) is 18.1. The lowest BCUT2D eigenvalue weighted by molar-refractivity contribution is -0.122. The zero-order valence-corrected chi connectivity index (χ0v) is 17.2. The second-order valence-electron chi connectivity index (χ2n) is 8.66. The summed E-state index contributed by atoms with van der Waals surface area (Å²) < 4.78 is 25.8. The van der Waals surface area contributed by atoms with Gasteiger partial charge in [-0.1, -0.05) is 0 Å². The smallest absolute Gasteiger partial charge is 0.230 e. The van der Waals surface area contributed by atoms with E-state index in [-0.39, 0.29) is 29.0 Å². The molecule has 1 fully saturated rings. The molecule has 7 heteroatoms. The van der Waals surface area contributed by atoms with Crippen LogP contribution in [-0.4, -0.2) is 37.6 Å². The quantitative estimate of drug-likeness (QED) is 0.834. The maximum atomic E-state index is 12.9. The van der Waals surface area contributed by atoms with Crippen molar-refractivity contribution >= 4 is 27.3 Å². The number of benzene rings is 1. The Morgan fingerprint density at radius 2 is 1.93 bits per heavy atom. The summed E-state index contributed by atoms with van der Waals surface area (Å²) in [6.45, 7) is 7.75. The van der Waals surface area contributed by atoms with Gasteiger partial charge < -0.3 is 10.2 Å². The number of nitrogens with zero attached hydrogens (tertiary/aromatic N) is 1. The van der Waals surface area contributed by atoms with E-state index in [4.69, 9.17) is 0 Å². The fraction of sp³-hybridized carbons (Fsp3) is 0.600. The molecule has 6 nitrogen and oxygen atoms in total. The summed E-state index contributed by atoms with van der Waals surface area (Å²) in [5, 5.41) is 1.99. The van der Waals surface area contributed by atoms with Gasteiger partial charge in [-0.3, -0.25) is 9.59 Å². The standard InChI is InChI=1S/C20H28N2O4S/c1-13(11-18(23)21-20(2,3)4)27(25,26)16-7-8-17-15(12-16)9-10-22(17)19(24)14-5-6-14/h7-8,12-14H,5-6,9-11H2,1-4H3,(H,21,23)/t13-/m0/s1. The number of anilines is 1. The molecule has 148 valence electrons. The molecule has 1 aromatic carbocycles. The second-order valence-corrected chi connectivity index (χ2v) is 11.0. The average Bonchev–Trinajstić information content (AvgIpc) is 3.31. The third-order valence-corrected chi connectivity index (χ3v) is 7.12. The van der Waals surface area contributed by atoms with Crippen molar-refractivity contribution in [2.24, 2.45) is 5.92 Å². The van der Waals surface area contributed by atoms with Crippen LogP contribution < -0.4 is 10.2 Å². The van der Waals surface area contributed by atoms with E-state index >= 15 is 0 Å². The van der Waals surface area contributed by atoms with E-state index in [1.54, 1.807) is 30.0 Å². The minimum Gasteiger partial charge on any atom is -0.351 e. The molecule has 1 aromatic rings. The molecule has 1 aliphatic carbocycles. The van der Waals surface area contributed by atoms with Gasteiger partial charge in [0.15, 0.2) is 9.84 Å². The summed E-state index contributed by atoms with van der Waals surface area (Å²) in [7, 11) is -3.62. The molecule has 1 N–H and O–H groups in total. The topological polar surface area (TPSA) is 83.6 Å². The van der Waals surface area contributed by atoms with Gasteiger partial charge in [0, 0.05) is 30.1 Å². The lowest BCUT2D eigenvalue weighted by Crippen LogP contribution is -2.42. The van der Waals surface area contributed by atoms with Crippen molar-refractivity contribution in [3.05, 3.63) is 23.8 Å². The maximum Gasteiger partial charge on any atom is 0.230 e. The fourth-order valence-electron chi connectivity index (χ4n) is 3.41. The Balaban J connectivity index is 1.76. The highest BCUT2D eigenvalue weighted by Crippen LogP contribution is 2.37. The van der Waals surface area contributed by atoms with Crippen molar-refractivity contribution in [1.82, 2.24) is 5.32 Å². The Labute approximate surface area is 161 Å². The highest BCUT2D eigenvalue weighted by molar-refractivity contribution is 7.92. The van der Waals surface area contributed by atoms with Gasteiger partial charge >= 0.3 is 0 Å². The van der Waals surface area contributed by atoms with E-state index in [1.807, 2.05) is 20.8 Å². The van der Waals surface area contributed by atoms with Gasteiger partial charge in [0.25, 0.3) is 0 Å². The monoisotopic (exact) mass is 392 g/mol. The van der Waals surface area contributed by atoms with E-state index in [1.165, 1.54) is 0 Å². The molecule has 27 heavy (non-hydrogen) atoms. The van der Waals surface area contributed by atoms with Crippen molar-refractivity contribution in [3.8, 4) is 0 Å². The highest BCUT2D eigenvalue weighted by atomic mass is 32.2. The molecule has 0 saturated heterocycles. The number of sulfone groups is 1. The van der Waals surface area contributed by atoms with E-state index < -0.39 is 20.6 Å². The first-order chi connectivity index (χ1) is 12.5. The van der Waals surface area contributed by atoms with Crippen molar-refractivity contribution in [2.75, 3.05) is 11.4 Å². The maximum absolute atomic E-state index is 12.9. The number of carbonyl (C=O) groups excluding carboxylic acids is 2. The van der Waals surface area contributed by atoms with Crippen LogP contribution >= 0.6 is 0 Å². The van der Waals surface area contributed by atoms with Crippen LogP contribution in [-0.2, 0) is 25.8 Å². The Kier molecular flexibility index (Phi) is 5.10. The summed E-state index contributed by atoms with van der Waals surface area (Å²) in [5.74, 6) is 0.0122. The zero-order valence-electron chi connectivity index (χ0n) is 16.4. The average molecular weight is 393 g/mol. The number of nitrogens with one attached hydrogen (secondary N) is 1. The van der Waals surface area contributed by atoms with Gasteiger partial charge in [-0.15, -0.1) is 0 Å². The zero-order chi connectivity index (χ0) is 20.0. The van der Waals surface area contributed by atoms with Gasteiger partial charge in [-0.2, -0.15) is 0 Å². The van der Waals surface area contributed by atoms with Gasteiger partial charge in [0.05, 0.1) is 10.1 Å². The number of fused-ring (bicyclic) bond motifs is 1. The number of amides is 2. The van der Waals surface area contributed by atoms with Crippen LogP contribution in [0.15, 0.2) is 23.1 Å². The Bertz CT molecular complexity index is 866. The second kappa shape index (κ2) is 6.93. The minimum atomic E-state index is -3.62. The molecular formula is C20H28N2O4S. The fourth-order valence-corrected chi connectivity index (χ4v) is 4.81. The molecule has 1 atom stereocenters. The third kappa shape index (κ3) is 4.34. The summed E-state index contributed by atoms with van der Waals surface area (Å²) in [4.78, 5) is 26.5. The Morgan fingerprint density at radius 3 is 2.52 bits per heavy atom. The molecule has 1 heterocycles. The molecule has 2 amide bonds. The molecule has 0 aromatic heterocycles. The predicted molar refractivity (Wildman–Crippen MR) is 104 cm³/mol. The molecule has 0 bridgehead atoms. The third-order valence-electron chi connectivity index (χ3n) is 4.98. The number of carbonyl (C=O) groups is 2. The molecule has 3 rings (SSSR count). The van der Waals surface area contributed by atoms with Crippen LogP contribution in [0.5, 0.6) is 0 Å².